The van der Waals surface area contributed by atoms with Crippen LogP contribution in [0.15, 0.2) is 60.2 Å². The van der Waals surface area contributed by atoms with Crippen LogP contribution in [0.4, 0.5) is 0 Å². The fraction of sp³-hybridized carbons (Fsp3) is 0.379. The van der Waals surface area contributed by atoms with Crippen molar-refractivity contribution in [2.24, 2.45) is 17.8 Å². The fourth-order valence-corrected chi connectivity index (χ4v) is 8.03. The number of aromatic hydroxyl groups is 1. The first-order valence-electron chi connectivity index (χ1n) is 12.7. The maximum Gasteiger partial charge on any atom is 0.253 e. The Bertz CT molecular complexity index is 1460. The summed E-state index contributed by atoms with van der Waals surface area (Å²) in [5.41, 5.74) is 1.96. The van der Waals surface area contributed by atoms with Gasteiger partial charge in [0.2, 0.25) is 11.8 Å². The lowest BCUT2D eigenvalue weighted by atomic mass is 9.56. The number of allylic oxidation sites excluding steroid dienone is 2. The largest absolute Gasteiger partial charge is 0.508 e. The number of carbonyl (C=O) groups is 4. The lowest BCUT2D eigenvalue weighted by Gasteiger charge is -2.51. The van der Waals surface area contributed by atoms with Crippen LogP contribution in [-0.2, 0) is 25.7 Å². The van der Waals surface area contributed by atoms with Gasteiger partial charge in [-0.05, 0) is 30.4 Å². The molecule has 4 aliphatic rings. The minimum atomic E-state index is -1.91. The summed E-state index contributed by atoms with van der Waals surface area (Å²) in [6, 6.07) is 13.7. The number of benzene rings is 2. The van der Waals surface area contributed by atoms with Crippen molar-refractivity contribution in [3.8, 4) is 11.5 Å². The van der Waals surface area contributed by atoms with E-state index in [1.165, 1.54) is 31.2 Å². The predicted molar refractivity (Wildman–Crippen MR) is 142 cm³/mol. The van der Waals surface area contributed by atoms with E-state index in [2.05, 4.69) is 0 Å². The molecule has 0 aromatic heterocycles. The van der Waals surface area contributed by atoms with Crippen molar-refractivity contribution in [3.05, 3.63) is 71.3 Å². The van der Waals surface area contributed by atoms with E-state index in [4.69, 9.17) is 27.9 Å². The van der Waals surface area contributed by atoms with E-state index in [9.17, 15) is 24.3 Å². The average molecular weight is 569 g/mol. The molecule has 1 saturated carbocycles. The Kier molecular flexibility index (Phi) is 5.86. The highest BCUT2D eigenvalue weighted by Crippen LogP contribution is 2.66. The van der Waals surface area contributed by atoms with E-state index in [1.54, 1.807) is 6.07 Å². The highest BCUT2D eigenvalue weighted by Gasteiger charge is 2.76. The van der Waals surface area contributed by atoms with Crippen LogP contribution < -0.4 is 4.74 Å². The summed E-state index contributed by atoms with van der Waals surface area (Å²) in [6.07, 6.45) is 2.08. The van der Waals surface area contributed by atoms with Gasteiger partial charge in [0, 0.05) is 24.6 Å². The zero-order valence-electron chi connectivity index (χ0n) is 21.3. The minimum Gasteiger partial charge on any atom is -0.508 e. The Hall–Kier alpha value is -3.36. The number of fused-ring (bicyclic) bond motifs is 4. The van der Waals surface area contributed by atoms with E-state index < -0.39 is 45.2 Å². The fourth-order valence-electron chi connectivity index (χ4n) is 7.01. The van der Waals surface area contributed by atoms with Crippen LogP contribution in [0.5, 0.6) is 11.5 Å². The van der Waals surface area contributed by atoms with E-state index in [0.717, 1.165) is 10.5 Å². The van der Waals surface area contributed by atoms with Crippen LogP contribution >= 0.6 is 23.2 Å². The van der Waals surface area contributed by atoms with Crippen LogP contribution in [0, 0.1) is 17.8 Å². The standard InChI is InChI=1S/C29H26Cl2N2O6/c1-32-26(37)28(30)13-20-17(23(29(28,31)27(32)38)18-9-8-16(34)12-21(18)39-2)10-11-19-22(20)25(36)33(24(19)35)14-15-6-4-3-5-7-15/h3-10,12,19-20,22-23,34H,11,13-14H2,1-2H3/t19-,20+,22-,23+,28+,29-/m0/s1. The van der Waals surface area contributed by atoms with E-state index in [-0.39, 0.29) is 42.7 Å². The van der Waals surface area contributed by atoms with Crippen molar-refractivity contribution < 1.29 is 29.0 Å². The van der Waals surface area contributed by atoms with Gasteiger partial charge in [0.25, 0.3) is 11.8 Å². The van der Waals surface area contributed by atoms with Crippen molar-refractivity contribution >= 4 is 46.8 Å². The number of likely N-dealkylation sites (tertiary alicyclic amines) is 2. The molecule has 39 heavy (non-hydrogen) atoms. The maximum atomic E-state index is 13.9. The van der Waals surface area contributed by atoms with Crippen molar-refractivity contribution in [2.75, 3.05) is 14.2 Å². The molecule has 0 spiro atoms. The maximum absolute atomic E-state index is 13.9. The minimum absolute atomic E-state index is 0.0551. The molecule has 2 aliphatic heterocycles. The SMILES string of the molecule is COc1cc(O)ccc1[C@H]1C2=CC[C@@H]3C(=O)N(Cc4ccccc4)C(=O)[C@@H]3[C@@H]2C[C@@]2(Cl)C(=O)N(C)C(=O)[C@@]12Cl. The monoisotopic (exact) mass is 568 g/mol. The summed E-state index contributed by atoms with van der Waals surface area (Å²) in [4.78, 5) is 53.0. The Morgan fingerprint density at radius 1 is 1.00 bits per heavy atom. The van der Waals surface area contributed by atoms with Crippen LogP contribution in [0.25, 0.3) is 0 Å². The molecule has 6 rings (SSSR count). The summed E-state index contributed by atoms with van der Waals surface area (Å²) >= 11 is 14.3. The van der Waals surface area contributed by atoms with Gasteiger partial charge in [0.1, 0.15) is 11.5 Å². The number of phenols is 1. The van der Waals surface area contributed by atoms with Gasteiger partial charge >= 0.3 is 0 Å². The molecular weight excluding hydrogens is 543 g/mol. The highest BCUT2D eigenvalue weighted by molar-refractivity contribution is 6.53. The molecule has 2 aromatic carbocycles. The molecule has 2 aliphatic carbocycles. The molecule has 2 aromatic rings. The number of halogens is 2. The summed E-state index contributed by atoms with van der Waals surface area (Å²) < 4.78 is 5.55. The summed E-state index contributed by atoms with van der Waals surface area (Å²) in [7, 11) is 2.77. The van der Waals surface area contributed by atoms with Crippen LogP contribution in [-0.4, -0.2) is 62.4 Å². The summed E-state index contributed by atoms with van der Waals surface area (Å²) in [5.74, 6) is -4.60. The normalized spacial score (nSPS) is 33.6. The van der Waals surface area contributed by atoms with Crippen molar-refractivity contribution in [2.45, 2.75) is 35.1 Å². The van der Waals surface area contributed by atoms with Crippen LogP contribution in [0.2, 0.25) is 0 Å². The third-order valence-corrected chi connectivity index (χ3v) is 10.2. The number of rotatable bonds is 4. The number of methoxy groups -OCH3 is 1. The second-order valence-electron chi connectivity index (χ2n) is 10.7. The van der Waals surface area contributed by atoms with Gasteiger partial charge in [-0.3, -0.25) is 29.0 Å². The molecule has 2 saturated heterocycles. The van der Waals surface area contributed by atoms with Gasteiger partial charge in [-0.2, -0.15) is 0 Å². The first kappa shape index (κ1) is 25.9. The zero-order chi connectivity index (χ0) is 27.9. The number of amides is 4. The first-order chi connectivity index (χ1) is 18.5. The van der Waals surface area contributed by atoms with Crippen molar-refractivity contribution in [1.29, 1.82) is 0 Å². The molecule has 6 atom stereocenters. The number of carbonyl (C=O) groups excluding carboxylic acids is 4. The lowest BCUT2D eigenvalue weighted by molar-refractivity contribution is -0.141. The Morgan fingerprint density at radius 2 is 1.72 bits per heavy atom. The van der Waals surface area contributed by atoms with E-state index in [0.29, 0.717) is 11.1 Å². The Labute approximate surface area is 235 Å². The molecule has 0 bridgehead atoms. The third kappa shape index (κ3) is 3.37. The number of ether oxygens (including phenoxy) is 1. The molecule has 8 nitrogen and oxygen atoms in total. The number of nitrogens with zero attached hydrogens (tertiary/aromatic N) is 2. The van der Waals surface area contributed by atoms with Gasteiger partial charge in [-0.25, -0.2) is 0 Å². The number of imide groups is 2. The summed E-state index contributed by atoms with van der Waals surface area (Å²) in [6.45, 7) is 0.147. The molecule has 10 heteroatoms. The first-order valence-corrected chi connectivity index (χ1v) is 13.5. The number of phenolic OH excluding ortho intramolecular Hbond substituents is 1. The molecule has 2 heterocycles. The zero-order valence-corrected chi connectivity index (χ0v) is 22.8. The Morgan fingerprint density at radius 3 is 2.41 bits per heavy atom. The van der Waals surface area contributed by atoms with Crippen molar-refractivity contribution in [1.82, 2.24) is 9.80 Å². The quantitative estimate of drug-likeness (QED) is 0.343. The topological polar surface area (TPSA) is 104 Å². The molecule has 4 amide bonds. The van der Waals surface area contributed by atoms with Gasteiger partial charge < -0.3 is 9.84 Å². The second kappa shape index (κ2) is 8.83. The molecule has 0 unspecified atom stereocenters. The van der Waals surface area contributed by atoms with Crippen molar-refractivity contribution in [3.63, 3.8) is 0 Å². The second-order valence-corrected chi connectivity index (χ2v) is 11.9. The molecule has 1 N–H and O–H groups in total. The smallest absolute Gasteiger partial charge is 0.253 e. The number of hydrogen-bond donors (Lipinski definition) is 1. The number of hydrogen-bond acceptors (Lipinski definition) is 6. The highest BCUT2D eigenvalue weighted by atomic mass is 35.5. The molecule has 3 fully saturated rings. The van der Waals surface area contributed by atoms with Gasteiger partial charge in [0.05, 0.1) is 25.5 Å². The predicted octanol–water partition coefficient (Wildman–Crippen LogP) is 3.59. The number of alkyl halides is 2. The third-order valence-electron chi connectivity index (χ3n) is 8.82. The van der Waals surface area contributed by atoms with E-state index >= 15 is 0 Å². The van der Waals surface area contributed by atoms with Gasteiger partial charge in [-0.15, -0.1) is 23.2 Å². The molecular formula is C29H26Cl2N2O6. The van der Waals surface area contributed by atoms with Gasteiger partial charge in [0.15, 0.2) is 9.75 Å². The summed E-state index contributed by atoms with van der Waals surface area (Å²) in [5, 5.41) is 10.1. The average Bonchev–Trinajstić information content (AvgIpc) is 3.24. The van der Waals surface area contributed by atoms with Crippen LogP contribution in [0.3, 0.4) is 0 Å². The lowest BCUT2D eigenvalue weighted by Crippen LogP contribution is -2.60. The molecule has 202 valence electrons. The van der Waals surface area contributed by atoms with Gasteiger partial charge in [-0.1, -0.05) is 48.0 Å². The Balaban J connectivity index is 1.50. The van der Waals surface area contributed by atoms with Crippen LogP contribution in [0.1, 0.15) is 29.9 Å². The molecule has 0 radical (unpaired) electrons. The van der Waals surface area contributed by atoms with E-state index in [1.807, 2.05) is 36.4 Å².